The largest absolute Gasteiger partial charge is 0.456 e. The molecule has 6 aromatic heterocycles. The van der Waals surface area contributed by atoms with Crippen LogP contribution in [0, 0.1) is 0 Å². The molecule has 8 nitrogen and oxygen atoms in total. The third-order valence-corrected chi connectivity index (χ3v) is 19.7. The Hall–Kier alpha value is -13.3. The smallest absolute Gasteiger partial charge is 0.160 e. The number of pyridine rings is 2. The highest BCUT2D eigenvalue weighted by molar-refractivity contribution is 6.07. The minimum atomic E-state index is -0.0441. The van der Waals surface area contributed by atoms with E-state index in [1.54, 1.807) is 12.4 Å². The van der Waals surface area contributed by atoms with Crippen molar-refractivity contribution in [2.24, 2.45) is 0 Å². The summed E-state index contributed by atoms with van der Waals surface area (Å²) in [7, 11) is 0. The summed E-state index contributed by atoms with van der Waals surface area (Å²) in [5, 5.41) is 4.32. The Labute approximate surface area is 584 Å². The minimum Gasteiger partial charge on any atom is -0.456 e. The molecule has 0 amide bonds. The van der Waals surface area contributed by atoms with Crippen molar-refractivity contribution in [3.05, 3.63) is 351 Å². The monoisotopic (exact) mass is 1290 g/mol. The van der Waals surface area contributed by atoms with Gasteiger partial charge < -0.3 is 8.83 Å². The van der Waals surface area contributed by atoms with Crippen LogP contribution in [0.1, 0.15) is 25.0 Å². The summed E-state index contributed by atoms with van der Waals surface area (Å²) in [5.41, 5.74) is 29.7. The Morgan fingerprint density at radius 1 is 0.228 bits per heavy atom. The quantitative estimate of drug-likeness (QED) is 0.126. The highest BCUT2D eigenvalue weighted by Crippen LogP contribution is 2.50. The van der Waals surface area contributed by atoms with Gasteiger partial charge in [-0.25, -0.2) is 19.9 Å². The summed E-state index contributed by atoms with van der Waals surface area (Å²) in [6, 6.07) is 110. The summed E-state index contributed by atoms with van der Waals surface area (Å²) in [6.07, 6.45) is 7.34. The van der Waals surface area contributed by atoms with Gasteiger partial charge in [0.1, 0.15) is 22.3 Å². The molecule has 18 aromatic rings. The van der Waals surface area contributed by atoms with Gasteiger partial charge in [0.15, 0.2) is 11.6 Å². The lowest BCUT2D eigenvalue weighted by Crippen LogP contribution is -2.14. The normalized spacial score (nSPS) is 12.1. The number of benzene rings is 12. The van der Waals surface area contributed by atoms with E-state index >= 15 is 0 Å². The first-order valence-corrected chi connectivity index (χ1v) is 34.0. The third kappa shape index (κ3) is 11.5. The van der Waals surface area contributed by atoms with Crippen molar-refractivity contribution >= 4 is 43.9 Å². The zero-order valence-corrected chi connectivity index (χ0v) is 55.3. The van der Waals surface area contributed by atoms with E-state index in [0.29, 0.717) is 11.6 Å². The van der Waals surface area contributed by atoms with E-state index in [-0.39, 0.29) is 5.41 Å². The maximum atomic E-state index is 6.14. The topological polar surface area (TPSA) is 104 Å². The predicted octanol–water partition coefficient (Wildman–Crippen LogP) is 24.2. The molecule has 0 N–H and O–H groups in total. The molecule has 0 spiro atoms. The van der Waals surface area contributed by atoms with Gasteiger partial charge >= 0.3 is 0 Å². The molecule has 0 fully saturated rings. The second kappa shape index (κ2) is 25.3. The first-order valence-electron chi connectivity index (χ1n) is 34.0. The van der Waals surface area contributed by atoms with E-state index in [1.165, 1.54) is 50.1 Å². The second-order valence-corrected chi connectivity index (χ2v) is 26.2. The third-order valence-electron chi connectivity index (χ3n) is 19.7. The molecule has 0 saturated carbocycles. The molecule has 19 rings (SSSR count). The fourth-order valence-corrected chi connectivity index (χ4v) is 14.2. The van der Waals surface area contributed by atoms with Gasteiger partial charge in [-0.15, -0.1) is 0 Å². The summed E-state index contributed by atoms with van der Waals surface area (Å²) in [6.45, 7) is 4.65. The second-order valence-electron chi connectivity index (χ2n) is 26.2. The Bertz CT molecular complexity index is 6110. The molecule has 8 heteroatoms. The molecule has 1 aliphatic carbocycles. The van der Waals surface area contributed by atoms with Crippen LogP contribution in [0.2, 0.25) is 0 Å². The van der Waals surface area contributed by atoms with Crippen LogP contribution in [0.5, 0.6) is 0 Å². The van der Waals surface area contributed by atoms with E-state index in [9.17, 15) is 0 Å². The first kappa shape index (κ1) is 60.1. The lowest BCUT2D eigenvalue weighted by Gasteiger charge is -2.22. The molecule has 12 aromatic carbocycles. The van der Waals surface area contributed by atoms with Crippen molar-refractivity contribution in [1.82, 2.24) is 29.9 Å². The lowest BCUT2D eigenvalue weighted by molar-refractivity contribution is 0.660. The fourth-order valence-electron chi connectivity index (χ4n) is 14.2. The lowest BCUT2D eigenvalue weighted by atomic mass is 9.81. The Balaban J connectivity index is 0.000000145. The van der Waals surface area contributed by atoms with E-state index < -0.39 is 0 Å². The van der Waals surface area contributed by atoms with Crippen LogP contribution in [0.15, 0.2) is 349 Å². The van der Waals surface area contributed by atoms with Crippen LogP contribution < -0.4 is 0 Å². The fraction of sp³-hybridized carbons (Fsp3) is 0.0323. The van der Waals surface area contributed by atoms with Crippen molar-refractivity contribution in [2.45, 2.75) is 19.3 Å². The molecule has 1 aliphatic rings. The van der Waals surface area contributed by atoms with Crippen LogP contribution in [0.25, 0.3) is 178 Å². The number of aromatic nitrogens is 6. The van der Waals surface area contributed by atoms with Crippen LogP contribution in [-0.4, -0.2) is 29.9 Å². The van der Waals surface area contributed by atoms with E-state index in [4.69, 9.17) is 28.8 Å². The summed E-state index contributed by atoms with van der Waals surface area (Å²) in [5.74, 6) is 1.34. The van der Waals surface area contributed by atoms with Gasteiger partial charge in [0, 0.05) is 85.1 Å². The van der Waals surface area contributed by atoms with Crippen LogP contribution in [0.3, 0.4) is 0 Å². The van der Waals surface area contributed by atoms with Gasteiger partial charge in [0.2, 0.25) is 0 Å². The van der Waals surface area contributed by atoms with E-state index in [2.05, 4.69) is 273 Å². The Kier molecular flexibility index (Phi) is 15.1. The van der Waals surface area contributed by atoms with Gasteiger partial charge in [0.05, 0.1) is 22.8 Å². The molecule has 6 heterocycles. The number of rotatable bonds is 11. The average molecular weight is 1300 g/mol. The maximum absolute atomic E-state index is 6.14. The maximum Gasteiger partial charge on any atom is 0.160 e. The molecule has 0 bridgehead atoms. The number of nitrogens with zero attached hydrogens (tertiary/aromatic N) is 6. The molecule has 0 saturated heterocycles. The molecular formula is C93H62N6O2. The molecule has 0 aliphatic heterocycles. The van der Waals surface area contributed by atoms with Crippen LogP contribution >= 0.6 is 0 Å². The van der Waals surface area contributed by atoms with Gasteiger partial charge in [-0.3, -0.25) is 9.97 Å². The van der Waals surface area contributed by atoms with Crippen molar-refractivity contribution in [2.75, 3.05) is 0 Å². The summed E-state index contributed by atoms with van der Waals surface area (Å²) >= 11 is 0. The SMILES string of the molecule is CC1(C)c2ccccc2-c2ccc(-c3ccc(-c4cc(-c5ccc6oc7ccccc7c6c5)nc(-c5ccc(-c6cccnc6)cc5)n4)cc3)cc21.c1ccc(-c2ccc(-c3ccc(-c4cc(-c5ccc6oc7ccccc7c6c5)nc(-c5ccc(-c6cccnc6)cc5)n4)cc3)cc2)cc1. The van der Waals surface area contributed by atoms with E-state index in [0.717, 1.165) is 128 Å². The molecular weight excluding hydrogens is 1230 g/mol. The van der Waals surface area contributed by atoms with Gasteiger partial charge in [-0.2, -0.15) is 0 Å². The number of fused-ring (bicyclic) bond motifs is 9. The standard InChI is InChI=1S/C48H33N3O.C45H29N3O/c1-48(2)41-11-5-3-9-37(41)38-23-21-34(27-42(38)48)30-13-17-32(18-14-30)43-28-44(35-22-24-46-40(26-35)39-10-4-6-12-45(39)52-46)51-47(50-43)33-19-15-31(16-20-33)36-8-7-25-49-29-36;1-2-7-30(8-3-1)31-12-14-32(15-13-31)33-16-20-35(21-17-33)41-28-42(37-24-25-44-40(27-37)39-10-4-5-11-43(39)49-44)48-45(47-41)36-22-18-34(19-23-36)38-9-6-26-46-29-38/h3-29H,1-2H3;1-29H. The molecule has 0 radical (unpaired) electrons. The zero-order valence-electron chi connectivity index (χ0n) is 55.3. The van der Waals surface area contributed by atoms with Crippen molar-refractivity contribution in [1.29, 1.82) is 0 Å². The molecule has 0 atom stereocenters. The molecule has 101 heavy (non-hydrogen) atoms. The molecule has 476 valence electrons. The predicted molar refractivity (Wildman–Crippen MR) is 412 cm³/mol. The minimum absolute atomic E-state index is 0.0441. The summed E-state index contributed by atoms with van der Waals surface area (Å²) in [4.78, 5) is 29.1. The van der Waals surface area contributed by atoms with Crippen LogP contribution in [-0.2, 0) is 5.41 Å². The van der Waals surface area contributed by atoms with Gasteiger partial charge in [-0.1, -0.05) is 250 Å². The Morgan fingerprint density at radius 3 is 1.03 bits per heavy atom. The van der Waals surface area contributed by atoms with E-state index in [1.807, 2.05) is 79.1 Å². The zero-order chi connectivity index (χ0) is 67.4. The van der Waals surface area contributed by atoms with Gasteiger partial charge in [-0.05, 0) is 157 Å². The van der Waals surface area contributed by atoms with Crippen molar-refractivity contribution < 1.29 is 8.83 Å². The first-order chi connectivity index (χ1) is 49.7. The number of hydrogen-bond donors (Lipinski definition) is 0. The highest BCUT2D eigenvalue weighted by Gasteiger charge is 2.35. The molecule has 0 unspecified atom stereocenters. The average Bonchev–Trinajstić information content (AvgIpc) is 1.64. The number of para-hydroxylation sites is 2. The van der Waals surface area contributed by atoms with Gasteiger partial charge in [0.25, 0.3) is 0 Å². The van der Waals surface area contributed by atoms with Crippen molar-refractivity contribution in [3.8, 4) is 135 Å². The van der Waals surface area contributed by atoms with Crippen LogP contribution in [0.4, 0.5) is 0 Å². The highest BCUT2D eigenvalue weighted by atomic mass is 16.3. The Morgan fingerprint density at radius 2 is 0.564 bits per heavy atom. The number of furan rings is 2. The number of hydrogen-bond acceptors (Lipinski definition) is 8. The van der Waals surface area contributed by atoms with Crippen molar-refractivity contribution in [3.63, 3.8) is 0 Å². The summed E-state index contributed by atoms with van der Waals surface area (Å²) < 4.78 is 12.3.